The van der Waals surface area contributed by atoms with Crippen LogP contribution in [0.15, 0.2) is 97.3 Å². The van der Waals surface area contributed by atoms with E-state index in [2.05, 4.69) is 10.3 Å². The lowest BCUT2D eigenvalue weighted by Crippen LogP contribution is -2.46. The van der Waals surface area contributed by atoms with Crippen molar-refractivity contribution < 1.29 is 9.59 Å². The maximum atomic E-state index is 13.4. The molecule has 34 heavy (non-hydrogen) atoms. The molecule has 4 aromatic rings. The predicted octanol–water partition coefficient (Wildman–Crippen LogP) is 4.99. The number of benzene rings is 3. The highest BCUT2D eigenvalue weighted by atomic mass is 16.2. The Bertz CT molecular complexity index is 1250. The normalized spacial score (nSPS) is 16.7. The maximum absolute atomic E-state index is 13.4. The molecule has 1 saturated heterocycles. The monoisotopic (exact) mass is 449 g/mol. The van der Waals surface area contributed by atoms with Crippen LogP contribution >= 0.6 is 0 Å². The molecule has 1 aromatic heterocycles. The molecule has 0 bridgehead atoms. The van der Waals surface area contributed by atoms with Crippen molar-refractivity contribution in [2.45, 2.75) is 18.9 Å². The van der Waals surface area contributed by atoms with E-state index in [0.717, 1.165) is 34.7 Å². The molecule has 5 rings (SSSR count). The average Bonchev–Trinajstić information content (AvgIpc) is 2.92. The predicted molar refractivity (Wildman–Crippen MR) is 133 cm³/mol. The van der Waals surface area contributed by atoms with Crippen molar-refractivity contribution >= 4 is 22.6 Å². The highest BCUT2D eigenvalue weighted by Crippen LogP contribution is 2.26. The van der Waals surface area contributed by atoms with Crippen LogP contribution < -0.4 is 5.32 Å². The van der Waals surface area contributed by atoms with Crippen molar-refractivity contribution in [2.24, 2.45) is 5.92 Å². The van der Waals surface area contributed by atoms with Crippen LogP contribution in [0.3, 0.4) is 0 Å². The molecule has 0 aliphatic carbocycles. The van der Waals surface area contributed by atoms with Crippen molar-refractivity contribution in [2.75, 3.05) is 13.1 Å². The van der Waals surface area contributed by atoms with E-state index in [-0.39, 0.29) is 23.8 Å². The number of fused-ring (bicyclic) bond motifs is 1. The van der Waals surface area contributed by atoms with Crippen LogP contribution in [0.1, 0.15) is 40.4 Å². The van der Waals surface area contributed by atoms with Crippen LogP contribution in [0.25, 0.3) is 10.8 Å². The fourth-order valence-electron chi connectivity index (χ4n) is 4.78. The van der Waals surface area contributed by atoms with Crippen LogP contribution in [-0.2, 0) is 4.79 Å². The van der Waals surface area contributed by atoms with E-state index < -0.39 is 0 Å². The zero-order chi connectivity index (χ0) is 23.3. The first kappa shape index (κ1) is 21.8. The van der Waals surface area contributed by atoms with Gasteiger partial charge in [0.05, 0.1) is 12.0 Å². The molecule has 0 saturated carbocycles. The number of hydrogen-bond acceptors (Lipinski definition) is 3. The summed E-state index contributed by atoms with van der Waals surface area (Å²) in [7, 11) is 0. The van der Waals surface area contributed by atoms with Crippen molar-refractivity contribution in [1.29, 1.82) is 0 Å². The zero-order valence-corrected chi connectivity index (χ0v) is 18.9. The fraction of sp³-hybridized carbons (Fsp3) is 0.207. The molecule has 0 spiro atoms. The largest absolute Gasteiger partial charge is 0.345 e. The van der Waals surface area contributed by atoms with E-state index in [1.54, 1.807) is 12.4 Å². The number of pyridine rings is 1. The van der Waals surface area contributed by atoms with Crippen LogP contribution in [0.2, 0.25) is 0 Å². The second-order valence-electron chi connectivity index (χ2n) is 8.75. The van der Waals surface area contributed by atoms with Gasteiger partial charge in [-0.3, -0.25) is 14.6 Å². The van der Waals surface area contributed by atoms with Gasteiger partial charge in [-0.25, -0.2) is 0 Å². The lowest BCUT2D eigenvalue weighted by Gasteiger charge is -2.33. The smallest absolute Gasteiger partial charge is 0.254 e. The molecule has 3 aromatic carbocycles. The fourth-order valence-corrected chi connectivity index (χ4v) is 4.78. The van der Waals surface area contributed by atoms with Gasteiger partial charge in [0.25, 0.3) is 5.91 Å². The second kappa shape index (κ2) is 9.87. The third kappa shape index (κ3) is 4.55. The van der Waals surface area contributed by atoms with E-state index >= 15 is 0 Å². The summed E-state index contributed by atoms with van der Waals surface area (Å²) in [5.74, 6) is -0.287. The number of nitrogens with zero attached hydrogens (tertiary/aromatic N) is 2. The van der Waals surface area contributed by atoms with Gasteiger partial charge in [0.2, 0.25) is 5.91 Å². The summed E-state index contributed by atoms with van der Waals surface area (Å²) < 4.78 is 0. The van der Waals surface area contributed by atoms with Crippen molar-refractivity contribution in [3.63, 3.8) is 0 Å². The molecule has 0 unspecified atom stereocenters. The molecular formula is C29H27N3O2. The standard InChI is InChI=1S/C29H27N3O2/c33-28(31-27(22-9-2-1-3-10-22)23-15-17-30-18-16-23)24-12-7-19-32(20-24)29(34)26-14-6-11-21-8-4-5-13-25(21)26/h1-6,8-11,13-18,24,27H,7,12,19-20H2,(H,31,33)/t24-,27-/m0/s1. The van der Waals surface area contributed by atoms with Crippen LogP contribution in [0.4, 0.5) is 0 Å². The molecule has 5 heteroatoms. The van der Waals surface area contributed by atoms with Crippen LogP contribution in [-0.4, -0.2) is 34.8 Å². The molecule has 1 aliphatic heterocycles. The lowest BCUT2D eigenvalue weighted by atomic mass is 9.93. The van der Waals surface area contributed by atoms with Gasteiger partial charge in [0.15, 0.2) is 0 Å². The van der Waals surface area contributed by atoms with Gasteiger partial charge in [-0.1, -0.05) is 66.7 Å². The van der Waals surface area contributed by atoms with Gasteiger partial charge in [-0.2, -0.15) is 0 Å². The molecule has 2 heterocycles. The van der Waals surface area contributed by atoms with Gasteiger partial charge in [-0.15, -0.1) is 0 Å². The van der Waals surface area contributed by atoms with E-state index in [0.29, 0.717) is 18.7 Å². The SMILES string of the molecule is O=C(N[C@@H](c1ccccc1)c1ccncc1)[C@H]1CCCN(C(=O)c2cccc3ccccc23)C1. The number of amides is 2. The molecule has 2 amide bonds. The molecule has 1 fully saturated rings. The second-order valence-corrected chi connectivity index (χ2v) is 8.75. The Balaban J connectivity index is 1.35. The Morgan fingerprint density at radius 1 is 0.853 bits per heavy atom. The van der Waals surface area contributed by atoms with E-state index in [1.165, 1.54) is 0 Å². The molecule has 0 radical (unpaired) electrons. The van der Waals surface area contributed by atoms with Gasteiger partial charge in [-0.05, 0) is 52.9 Å². The summed E-state index contributed by atoms with van der Waals surface area (Å²) >= 11 is 0. The molecular weight excluding hydrogens is 422 g/mol. The Labute approximate surface area is 199 Å². The average molecular weight is 450 g/mol. The minimum atomic E-state index is -0.263. The third-order valence-corrected chi connectivity index (χ3v) is 6.56. The molecule has 170 valence electrons. The van der Waals surface area contributed by atoms with E-state index in [4.69, 9.17) is 0 Å². The van der Waals surface area contributed by atoms with Gasteiger partial charge >= 0.3 is 0 Å². The summed E-state index contributed by atoms with van der Waals surface area (Å²) in [5, 5.41) is 5.24. The maximum Gasteiger partial charge on any atom is 0.254 e. The minimum Gasteiger partial charge on any atom is -0.345 e. The number of aromatic nitrogens is 1. The van der Waals surface area contributed by atoms with Gasteiger partial charge in [0, 0.05) is 31.0 Å². The summed E-state index contributed by atoms with van der Waals surface area (Å²) in [4.78, 5) is 32.8. The van der Waals surface area contributed by atoms with Crippen molar-refractivity contribution in [3.05, 3.63) is 114 Å². The highest BCUT2D eigenvalue weighted by Gasteiger charge is 2.31. The Hall–Kier alpha value is -3.99. The first-order chi connectivity index (χ1) is 16.7. The highest BCUT2D eigenvalue weighted by molar-refractivity contribution is 6.07. The van der Waals surface area contributed by atoms with E-state index in [1.807, 2.05) is 89.8 Å². The third-order valence-electron chi connectivity index (χ3n) is 6.56. The number of rotatable bonds is 5. The Kier molecular flexibility index (Phi) is 6.34. The number of likely N-dealkylation sites (tertiary alicyclic amines) is 1. The lowest BCUT2D eigenvalue weighted by molar-refractivity contribution is -0.126. The number of carbonyl (C=O) groups excluding carboxylic acids is 2. The Morgan fingerprint density at radius 3 is 2.38 bits per heavy atom. The van der Waals surface area contributed by atoms with E-state index in [9.17, 15) is 9.59 Å². The number of nitrogens with one attached hydrogen (secondary N) is 1. The van der Waals surface area contributed by atoms with Gasteiger partial charge < -0.3 is 10.2 Å². The summed E-state index contributed by atoms with van der Waals surface area (Å²) in [6.45, 7) is 1.09. The molecule has 1 aliphatic rings. The zero-order valence-electron chi connectivity index (χ0n) is 18.9. The van der Waals surface area contributed by atoms with Gasteiger partial charge in [0.1, 0.15) is 0 Å². The van der Waals surface area contributed by atoms with Crippen LogP contribution in [0.5, 0.6) is 0 Å². The molecule has 1 N–H and O–H groups in total. The summed E-state index contributed by atoms with van der Waals surface area (Å²) in [6.07, 6.45) is 5.05. The molecule has 2 atom stereocenters. The summed E-state index contributed by atoms with van der Waals surface area (Å²) in [6, 6.07) is 27.3. The molecule has 5 nitrogen and oxygen atoms in total. The Morgan fingerprint density at radius 2 is 1.56 bits per heavy atom. The quantitative estimate of drug-likeness (QED) is 0.467. The number of piperidine rings is 1. The number of carbonyl (C=O) groups is 2. The minimum absolute atomic E-state index is 0.0111. The topological polar surface area (TPSA) is 62.3 Å². The summed E-state index contributed by atoms with van der Waals surface area (Å²) in [5.41, 5.74) is 2.69. The van der Waals surface area contributed by atoms with Crippen LogP contribution in [0, 0.1) is 5.92 Å². The van der Waals surface area contributed by atoms with Crippen molar-refractivity contribution in [1.82, 2.24) is 15.2 Å². The van der Waals surface area contributed by atoms with Crippen molar-refractivity contribution in [3.8, 4) is 0 Å². The first-order valence-electron chi connectivity index (χ1n) is 11.7. The number of hydrogen-bond donors (Lipinski definition) is 1. The first-order valence-corrected chi connectivity index (χ1v) is 11.7.